The first-order chi connectivity index (χ1) is 9.70. The van der Waals surface area contributed by atoms with E-state index in [0.717, 1.165) is 18.0 Å². The van der Waals surface area contributed by atoms with Crippen molar-refractivity contribution in [2.75, 3.05) is 11.9 Å². The smallest absolute Gasteiger partial charge is 0.272 e. The largest absolute Gasteiger partial charge is 0.369 e. The van der Waals surface area contributed by atoms with Gasteiger partial charge < -0.3 is 10.6 Å². The van der Waals surface area contributed by atoms with E-state index in [4.69, 9.17) is 0 Å². The Labute approximate surface area is 121 Å². The number of hydrogen-bond acceptors (Lipinski definition) is 6. The SMILES string of the molecule is CCCNc1cnc(C(=O)NC(C)c2nccs2)cn1. The molecule has 0 radical (unpaired) electrons. The van der Waals surface area contributed by atoms with Crippen LogP contribution < -0.4 is 10.6 Å². The first-order valence-electron chi connectivity index (χ1n) is 6.47. The molecule has 2 aromatic heterocycles. The van der Waals surface area contributed by atoms with Crippen LogP contribution in [0.5, 0.6) is 0 Å². The van der Waals surface area contributed by atoms with E-state index in [1.807, 2.05) is 12.3 Å². The number of amides is 1. The summed E-state index contributed by atoms with van der Waals surface area (Å²) in [4.78, 5) is 24.5. The summed E-state index contributed by atoms with van der Waals surface area (Å²) in [5, 5.41) is 8.71. The predicted molar refractivity (Wildman–Crippen MR) is 78.8 cm³/mol. The van der Waals surface area contributed by atoms with Gasteiger partial charge in [-0.25, -0.2) is 15.0 Å². The van der Waals surface area contributed by atoms with Gasteiger partial charge in [0, 0.05) is 18.1 Å². The van der Waals surface area contributed by atoms with Gasteiger partial charge in [0.25, 0.3) is 5.91 Å². The summed E-state index contributed by atoms with van der Waals surface area (Å²) in [5.41, 5.74) is 0.301. The van der Waals surface area contributed by atoms with Gasteiger partial charge in [0.1, 0.15) is 16.5 Å². The Bertz CT molecular complexity index is 540. The first kappa shape index (κ1) is 14.4. The number of rotatable bonds is 6. The lowest BCUT2D eigenvalue weighted by atomic mass is 10.3. The van der Waals surface area contributed by atoms with E-state index in [1.54, 1.807) is 12.4 Å². The molecule has 6 nitrogen and oxygen atoms in total. The van der Waals surface area contributed by atoms with Crippen LogP contribution in [0.3, 0.4) is 0 Å². The zero-order valence-electron chi connectivity index (χ0n) is 11.5. The molecule has 0 fully saturated rings. The molecule has 1 amide bonds. The maximum Gasteiger partial charge on any atom is 0.272 e. The van der Waals surface area contributed by atoms with Crippen molar-refractivity contribution in [3.05, 3.63) is 34.7 Å². The minimum atomic E-state index is -0.248. The van der Waals surface area contributed by atoms with Gasteiger partial charge in [0.15, 0.2) is 0 Å². The quantitative estimate of drug-likeness (QED) is 0.853. The number of nitrogens with zero attached hydrogens (tertiary/aromatic N) is 3. The Kier molecular flexibility index (Phi) is 5.00. The average molecular weight is 291 g/mol. The van der Waals surface area contributed by atoms with E-state index in [9.17, 15) is 4.79 Å². The van der Waals surface area contributed by atoms with Crippen LogP contribution in [-0.2, 0) is 0 Å². The molecule has 20 heavy (non-hydrogen) atoms. The highest BCUT2D eigenvalue weighted by molar-refractivity contribution is 7.09. The molecule has 0 aliphatic rings. The highest BCUT2D eigenvalue weighted by Crippen LogP contribution is 2.15. The summed E-state index contributed by atoms with van der Waals surface area (Å²) in [6.07, 6.45) is 5.77. The lowest BCUT2D eigenvalue weighted by Crippen LogP contribution is -2.27. The molecule has 2 rings (SSSR count). The summed E-state index contributed by atoms with van der Waals surface area (Å²) in [5.74, 6) is 0.429. The van der Waals surface area contributed by atoms with Crippen LogP contribution in [0.25, 0.3) is 0 Å². The van der Waals surface area contributed by atoms with Crippen molar-refractivity contribution in [1.29, 1.82) is 0 Å². The third kappa shape index (κ3) is 3.74. The molecule has 1 unspecified atom stereocenters. The topological polar surface area (TPSA) is 79.8 Å². The van der Waals surface area contributed by atoms with E-state index in [-0.39, 0.29) is 11.9 Å². The molecule has 0 aromatic carbocycles. The summed E-state index contributed by atoms with van der Waals surface area (Å²) in [6, 6.07) is -0.137. The summed E-state index contributed by atoms with van der Waals surface area (Å²) >= 11 is 1.51. The van der Waals surface area contributed by atoms with Crippen molar-refractivity contribution in [2.24, 2.45) is 0 Å². The minimum absolute atomic E-state index is 0.137. The third-order valence-electron chi connectivity index (χ3n) is 2.61. The third-order valence-corrected chi connectivity index (χ3v) is 3.57. The number of nitrogens with one attached hydrogen (secondary N) is 2. The van der Waals surface area contributed by atoms with Crippen molar-refractivity contribution in [2.45, 2.75) is 26.3 Å². The predicted octanol–water partition coefficient (Wildman–Crippen LogP) is 2.25. The van der Waals surface area contributed by atoms with Gasteiger partial charge in [-0.2, -0.15) is 0 Å². The molecular weight excluding hydrogens is 274 g/mol. The molecule has 2 N–H and O–H groups in total. The first-order valence-corrected chi connectivity index (χ1v) is 7.35. The van der Waals surface area contributed by atoms with Crippen LogP contribution in [0.15, 0.2) is 24.0 Å². The van der Waals surface area contributed by atoms with E-state index in [1.165, 1.54) is 17.5 Å². The highest BCUT2D eigenvalue weighted by Gasteiger charge is 2.14. The fraction of sp³-hybridized carbons (Fsp3) is 0.385. The molecule has 2 aromatic rings. The number of anilines is 1. The number of hydrogen-bond donors (Lipinski definition) is 2. The van der Waals surface area contributed by atoms with E-state index in [0.29, 0.717) is 11.5 Å². The Balaban J connectivity index is 1.95. The Hall–Kier alpha value is -2.02. The van der Waals surface area contributed by atoms with Gasteiger partial charge in [-0.3, -0.25) is 4.79 Å². The monoisotopic (exact) mass is 291 g/mol. The lowest BCUT2D eigenvalue weighted by molar-refractivity contribution is 0.0934. The molecule has 0 saturated heterocycles. The molecular formula is C13H17N5OS. The Morgan fingerprint density at radius 3 is 2.80 bits per heavy atom. The molecule has 1 atom stereocenters. The molecule has 0 aliphatic carbocycles. The normalized spacial score (nSPS) is 11.9. The van der Waals surface area contributed by atoms with Gasteiger partial charge in [-0.05, 0) is 13.3 Å². The van der Waals surface area contributed by atoms with Gasteiger partial charge in [0.05, 0.1) is 18.4 Å². The standard InChI is InChI=1S/C13H17N5OS/c1-3-4-14-11-8-16-10(7-17-11)12(19)18-9(2)13-15-5-6-20-13/h5-9H,3-4H2,1-2H3,(H,14,17)(H,18,19). The molecule has 0 bridgehead atoms. The second-order valence-corrected chi connectivity index (χ2v) is 5.21. The maximum atomic E-state index is 12.0. The number of carbonyl (C=O) groups is 1. The van der Waals surface area contributed by atoms with Crippen LogP contribution in [0.1, 0.15) is 41.8 Å². The van der Waals surface area contributed by atoms with Crippen LogP contribution in [-0.4, -0.2) is 27.4 Å². The van der Waals surface area contributed by atoms with Gasteiger partial charge in [-0.1, -0.05) is 6.92 Å². The van der Waals surface area contributed by atoms with Crippen LogP contribution in [0, 0.1) is 0 Å². The second-order valence-electron chi connectivity index (χ2n) is 4.28. The molecule has 0 spiro atoms. The van der Waals surface area contributed by atoms with Gasteiger partial charge in [-0.15, -0.1) is 11.3 Å². The zero-order valence-corrected chi connectivity index (χ0v) is 12.3. The van der Waals surface area contributed by atoms with Crippen LogP contribution in [0.4, 0.5) is 5.82 Å². The highest BCUT2D eigenvalue weighted by atomic mass is 32.1. The van der Waals surface area contributed by atoms with Crippen molar-refractivity contribution in [3.8, 4) is 0 Å². The van der Waals surface area contributed by atoms with Crippen molar-refractivity contribution in [1.82, 2.24) is 20.3 Å². The van der Waals surface area contributed by atoms with Gasteiger partial charge in [0.2, 0.25) is 0 Å². The second kappa shape index (κ2) is 6.95. The van der Waals surface area contributed by atoms with Crippen molar-refractivity contribution < 1.29 is 4.79 Å². The van der Waals surface area contributed by atoms with Crippen molar-refractivity contribution in [3.63, 3.8) is 0 Å². The maximum absolute atomic E-state index is 12.0. The van der Waals surface area contributed by atoms with E-state index < -0.39 is 0 Å². The fourth-order valence-electron chi connectivity index (χ4n) is 1.57. The summed E-state index contributed by atoms with van der Waals surface area (Å²) in [7, 11) is 0. The number of thiazole rings is 1. The number of carbonyl (C=O) groups excluding carboxylic acids is 1. The van der Waals surface area contributed by atoms with E-state index >= 15 is 0 Å². The molecule has 106 valence electrons. The average Bonchev–Trinajstić information content (AvgIpc) is 3.00. The Morgan fingerprint density at radius 2 is 2.20 bits per heavy atom. The number of aromatic nitrogens is 3. The molecule has 7 heteroatoms. The molecule has 0 aliphatic heterocycles. The summed E-state index contributed by atoms with van der Waals surface area (Å²) in [6.45, 7) is 4.80. The zero-order chi connectivity index (χ0) is 14.4. The molecule has 2 heterocycles. The van der Waals surface area contributed by atoms with Crippen LogP contribution in [0.2, 0.25) is 0 Å². The molecule has 0 saturated carbocycles. The lowest BCUT2D eigenvalue weighted by Gasteiger charge is -2.10. The van der Waals surface area contributed by atoms with E-state index in [2.05, 4.69) is 32.5 Å². The minimum Gasteiger partial charge on any atom is -0.369 e. The summed E-state index contributed by atoms with van der Waals surface area (Å²) < 4.78 is 0. The van der Waals surface area contributed by atoms with Crippen molar-refractivity contribution >= 4 is 23.1 Å². The Morgan fingerprint density at radius 1 is 1.35 bits per heavy atom. The van der Waals surface area contributed by atoms with Gasteiger partial charge >= 0.3 is 0 Å². The van der Waals surface area contributed by atoms with Crippen LogP contribution >= 0.6 is 11.3 Å². The fourth-order valence-corrected chi connectivity index (χ4v) is 2.22.